The molecule has 0 amide bonds. The van der Waals surface area contributed by atoms with Gasteiger partial charge in [-0.25, -0.2) is 0 Å². The molecule has 10 heteroatoms. The molecular weight excluding hydrogens is 720 g/mol. The van der Waals surface area contributed by atoms with Gasteiger partial charge in [-0.05, 0) is 103 Å². The highest BCUT2D eigenvalue weighted by Crippen LogP contribution is 2.42. The van der Waals surface area contributed by atoms with E-state index in [-0.39, 0.29) is 24.7 Å². The minimum atomic E-state index is -0.995. The third kappa shape index (κ3) is 12.5. The van der Waals surface area contributed by atoms with Crippen LogP contribution in [-0.4, -0.2) is 49.3 Å². The minimum Gasteiger partial charge on any atom is -0.469 e. The van der Waals surface area contributed by atoms with Crippen LogP contribution in [0.2, 0.25) is 0 Å². The lowest BCUT2D eigenvalue weighted by Gasteiger charge is -2.33. The van der Waals surface area contributed by atoms with Crippen LogP contribution in [0.15, 0.2) is 57.5 Å². The van der Waals surface area contributed by atoms with Gasteiger partial charge in [0, 0.05) is 8.95 Å². The van der Waals surface area contributed by atoms with Crippen molar-refractivity contribution < 1.29 is 38.1 Å². The van der Waals surface area contributed by atoms with Crippen LogP contribution in [0.1, 0.15) is 105 Å². The SMILES string of the molecule is COC(=O)[C@@](C)(CC(=O)OC(C)(C)C)[C@H](C)c1ccc(Br)cc1.COC(=O)[C@](C)(CC(=O)OC(C)(C)C)[C@H](C)c1ccc(Br)cc1. The van der Waals surface area contributed by atoms with E-state index in [9.17, 15) is 19.2 Å². The largest absolute Gasteiger partial charge is 0.469 e. The lowest BCUT2D eigenvalue weighted by Crippen LogP contribution is -2.38. The Bertz CT molecular complexity index is 1220. The molecule has 0 heterocycles. The van der Waals surface area contributed by atoms with Crippen molar-refractivity contribution in [3.05, 3.63) is 68.6 Å². The number of benzene rings is 2. The molecule has 256 valence electrons. The van der Waals surface area contributed by atoms with Crippen LogP contribution in [0.25, 0.3) is 0 Å². The predicted molar refractivity (Wildman–Crippen MR) is 186 cm³/mol. The van der Waals surface area contributed by atoms with Crippen molar-refractivity contribution in [1.29, 1.82) is 0 Å². The minimum absolute atomic E-state index is 0.0336. The highest BCUT2D eigenvalue weighted by atomic mass is 79.9. The van der Waals surface area contributed by atoms with Gasteiger partial charge in [-0.3, -0.25) is 19.2 Å². The van der Waals surface area contributed by atoms with Crippen molar-refractivity contribution in [1.82, 2.24) is 0 Å². The fraction of sp³-hybridized carbons (Fsp3) is 0.556. The summed E-state index contributed by atoms with van der Waals surface area (Å²) in [5.41, 5.74) is -1.24. The lowest BCUT2D eigenvalue weighted by atomic mass is 9.72. The Morgan fingerprint density at radius 1 is 0.565 bits per heavy atom. The van der Waals surface area contributed by atoms with E-state index in [4.69, 9.17) is 18.9 Å². The second-order valence-corrected chi connectivity index (χ2v) is 15.7. The van der Waals surface area contributed by atoms with E-state index in [0.717, 1.165) is 20.1 Å². The number of esters is 4. The van der Waals surface area contributed by atoms with Crippen LogP contribution in [0.5, 0.6) is 0 Å². The fourth-order valence-corrected chi connectivity index (χ4v) is 5.39. The van der Waals surface area contributed by atoms with Gasteiger partial charge in [0.25, 0.3) is 0 Å². The van der Waals surface area contributed by atoms with Crippen LogP contribution >= 0.6 is 31.9 Å². The summed E-state index contributed by atoms with van der Waals surface area (Å²) in [6.07, 6.45) is -0.0671. The highest BCUT2D eigenvalue weighted by Gasteiger charge is 2.45. The molecule has 0 aliphatic carbocycles. The van der Waals surface area contributed by atoms with Gasteiger partial charge in [-0.15, -0.1) is 0 Å². The maximum Gasteiger partial charge on any atom is 0.312 e. The Morgan fingerprint density at radius 3 is 1.04 bits per heavy atom. The van der Waals surface area contributed by atoms with E-state index in [0.29, 0.717) is 0 Å². The molecule has 0 radical (unpaired) electrons. The summed E-state index contributed by atoms with van der Waals surface area (Å²) < 4.78 is 22.6. The number of halogens is 2. The molecule has 2 aromatic rings. The van der Waals surface area contributed by atoms with Gasteiger partial charge < -0.3 is 18.9 Å². The lowest BCUT2D eigenvalue weighted by molar-refractivity contribution is -0.166. The topological polar surface area (TPSA) is 105 Å². The number of carbonyl (C=O) groups is 4. The number of rotatable bonds is 10. The normalized spacial score (nSPS) is 15.4. The number of hydrogen-bond acceptors (Lipinski definition) is 8. The van der Waals surface area contributed by atoms with Crippen molar-refractivity contribution in [2.75, 3.05) is 14.2 Å². The molecule has 0 N–H and O–H groups in total. The molecule has 2 aromatic carbocycles. The smallest absolute Gasteiger partial charge is 0.312 e. The summed E-state index contributed by atoms with van der Waals surface area (Å²) in [6.45, 7) is 18.2. The first kappa shape index (κ1) is 41.3. The van der Waals surface area contributed by atoms with Gasteiger partial charge in [-0.2, -0.15) is 0 Å². The van der Waals surface area contributed by atoms with Crippen LogP contribution in [-0.2, 0) is 38.1 Å². The summed E-state index contributed by atoms with van der Waals surface area (Å²) in [6, 6.07) is 15.4. The molecule has 0 fully saturated rings. The van der Waals surface area contributed by atoms with E-state index in [1.807, 2.05) is 62.4 Å². The molecule has 46 heavy (non-hydrogen) atoms. The van der Waals surface area contributed by atoms with E-state index in [2.05, 4.69) is 31.9 Å². The maximum atomic E-state index is 12.4. The summed E-state index contributed by atoms with van der Waals surface area (Å²) in [5.74, 6) is -2.05. The Balaban J connectivity index is 0.000000460. The molecule has 0 aliphatic rings. The summed E-state index contributed by atoms with van der Waals surface area (Å²) in [4.78, 5) is 49.2. The summed E-state index contributed by atoms with van der Waals surface area (Å²) in [5, 5.41) is 0. The van der Waals surface area contributed by atoms with Crippen LogP contribution in [0.3, 0.4) is 0 Å². The third-order valence-corrected chi connectivity index (χ3v) is 8.88. The quantitative estimate of drug-likeness (QED) is 0.174. The zero-order chi connectivity index (χ0) is 35.7. The van der Waals surface area contributed by atoms with E-state index in [1.54, 1.807) is 55.4 Å². The number of methoxy groups -OCH3 is 2. The van der Waals surface area contributed by atoms with E-state index in [1.165, 1.54) is 14.2 Å². The number of hydrogen-bond donors (Lipinski definition) is 0. The van der Waals surface area contributed by atoms with Crippen molar-refractivity contribution in [3.8, 4) is 0 Å². The average molecular weight is 771 g/mol. The first-order chi connectivity index (χ1) is 21.0. The third-order valence-electron chi connectivity index (χ3n) is 7.82. The van der Waals surface area contributed by atoms with Gasteiger partial charge in [-0.1, -0.05) is 70.0 Å². The predicted octanol–water partition coefficient (Wildman–Crippen LogP) is 8.93. The fourth-order valence-electron chi connectivity index (χ4n) is 4.86. The molecule has 0 saturated carbocycles. The number of ether oxygens (including phenoxy) is 4. The Labute approximate surface area is 291 Å². The Hall–Kier alpha value is -2.72. The molecule has 8 nitrogen and oxygen atoms in total. The van der Waals surface area contributed by atoms with Gasteiger partial charge in [0.05, 0.1) is 37.9 Å². The zero-order valence-electron chi connectivity index (χ0n) is 29.2. The van der Waals surface area contributed by atoms with E-state index >= 15 is 0 Å². The second kappa shape index (κ2) is 16.9. The molecule has 0 bridgehead atoms. The Kier molecular flexibility index (Phi) is 15.2. The van der Waals surface area contributed by atoms with Gasteiger partial charge in [0.1, 0.15) is 11.2 Å². The highest BCUT2D eigenvalue weighted by molar-refractivity contribution is 9.10. The Morgan fingerprint density at radius 2 is 0.826 bits per heavy atom. The molecule has 0 aromatic heterocycles. The molecule has 0 aliphatic heterocycles. The first-order valence-electron chi connectivity index (χ1n) is 15.1. The zero-order valence-corrected chi connectivity index (χ0v) is 32.4. The van der Waals surface area contributed by atoms with Crippen molar-refractivity contribution in [2.24, 2.45) is 10.8 Å². The van der Waals surface area contributed by atoms with Crippen LogP contribution in [0.4, 0.5) is 0 Å². The second-order valence-electron chi connectivity index (χ2n) is 13.9. The summed E-state index contributed by atoms with van der Waals surface area (Å²) >= 11 is 6.79. The molecule has 0 saturated heterocycles. The van der Waals surface area contributed by atoms with Gasteiger partial charge >= 0.3 is 23.9 Å². The van der Waals surface area contributed by atoms with Gasteiger partial charge in [0.2, 0.25) is 0 Å². The van der Waals surface area contributed by atoms with Crippen molar-refractivity contribution in [3.63, 3.8) is 0 Å². The summed E-state index contributed by atoms with van der Waals surface area (Å²) in [7, 11) is 2.67. The standard InChI is InChI=1S/2C18H25BrO4/c2*1-12(13-7-9-14(19)10-8-13)18(5,16(21)22-6)11-15(20)23-17(2,3)4/h2*7-10,12H,11H2,1-6H3/t12-,18+;12-,18-/m11/s1. The van der Waals surface area contributed by atoms with Crippen LogP contribution in [0, 0.1) is 10.8 Å². The van der Waals surface area contributed by atoms with E-state index < -0.39 is 45.9 Å². The molecule has 2 rings (SSSR count). The molecule has 0 spiro atoms. The average Bonchev–Trinajstić information content (AvgIpc) is 2.94. The van der Waals surface area contributed by atoms with Crippen molar-refractivity contribution >= 4 is 55.7 Å². The van der Waals surface area contributed by atoms with Gasteiger partial charge in [0.15, 0.2) is 0 Å². The molecular formula is C36H50Br2O8. The first-order valence-corrected chi connectivity index (χ1v) is 16.7. The maximum absolute atomic E-state index is 12.4. The monoisotopic (exact) mass is 768 g/mol. The van der Waals surface area contributed by atoms with Crippen molar-refractivity contribution in [2.45, 2.75) is 105 Å². The molecule has 4 atom stereocenters. The number of carbonyl (C=O) groups excluding carboxylic acids is 4. The molecule has 0 unspecified atom stereocenters. The van der Waals surface area contributed by atoms with Crippen LogP contribution < -0.4 is 0 Å².